The molecule has 0 amide bonds. The summed E-state index contributed by atoms with van der Waals surface area (Å²) in [5.41, 5.74) is 1.37. The fourth-order valence-corrected chi connectivity index (χ4v) is 2.81. The summed E-state index contributed by atoms with van der Waals surface area (Å²) in [6.45, 7) is 4.35. The minimum atomic E-state index is -0.310. The van der Waals surface area contributed by atoms with Crippen molar-refractivity contribution >= 4 is 17.1 Å². The molecule has 6 nitrogen and oxygen atoms in total. The lowest BCUT2D eigenvalue weighted by Crippen LogP contribution is -2.37. The van der Waals surface area contributed by atoms with Gasteiger partial charge in [-0.05, 0) is 37.3 Å². The van der Waals surface area contributed by atoms with Crippen LogP contribution in [0.2, 0.25) is 0 Å². The second kappa shape index (κ2) is 7.26. The summed E-state index contributed by atoms with van der Waals surface area (Å²) < 4.78 is 0. The summed E-state index contributed by atoms with van der Waals surface area (Å²) in [7, 11) is 0. The standard InChI is InChI=1S/C15H23N3O3/c1-2-8-16-13-6-3-7-14(15(13)18(20)21)17-9-4-5-12(10-17)11-19/h3,6-7,12,16,19H,2,4-5,8-11H2,1H3. The number of rotatable bonds is 6. The molecule has 0 radical (unpaired) electrons. The van der Waals surface area contributed by atoms with Crippen molar-refractivity contribution in [3.8, 4) is 0 Å². The number of anilines is 2. The molecule has 1 aliphatic heterocycles. The van der Waals surface area contributed by atoms with Crippen LogP contribution in [0.3, 0.4) is 0 Å². The zero-order valence-corrected chi connectivity index (χ0v) is 12.4. The van der Waals surface area contributed by atoms with Crippen molar-refractivity contribution < 1.29 is 10.0 Å². The molecular formula is C15H23N3O3. The second-order valence-electron chi connectivity index (χ2n) is 5.49. The van der Waals surface area contributed by atoms with Gasteiger partial charge in [0, 0.05) is 26.2 Å². The predicted molar refractivity (Wildman–Crippen MR) is 83.9 cm³/mol. The summed E-state index contributed by atoms with van der Waals surface area (Å²) in [6.07, 6.45) is 2.85. The van der Waals surface area contributed by atoms with Gasteiger partial charge < -0.3 is 15.3 Å². The maximum atomic E-state index is 11.5. The molecule has 1 unspecified atom stereocenters. The van der Waals surface area contributed by atoms with Gasteiger partial charge in [-0.25, -0.2) is 0 Å². The molecule has 1 aromatic carbocycles. The second-order valence-corrected chi connectivity index (χ2v) is 5.49. The van der Waals surface area contributed by atoms with Gasteiger partial charge in [0.05, 0.1) is 4.92 Å². The van der Waals surface area contributed by atoms with Crippen LogP contribution in [0.5, 0.6) is 0 Å². The highest BCUT2D eigenvalue weighted by molar-refractivity contribution is 5.77. The molecule has 116 valence electrons. The van der Waals surface area contributed by atoms with Gasteiger partial charge in [-0.2, -0.15) is 0 Å². The first-order valence-electron chi connectivity index (χ1n) is 7.54. The molecule has 0 spiro atoms. The van der Waals surface area contributed by atoms with Crippen LogP contribution in [0, 0.1) is 16.0 Å². The van der Waals surface area contributed by atoms with Crippen molar-refractivity contribution in [1.29, 1.82) is 0 Å². The van der Waals surface area contributed by atoms with E-state index in [0.717, 1.165) is 25.8 Å². The summed E-state index contributed by atoms with van der Waals surface area (Å²) in [5.74, 6) is 0.200. The summed E-state index contributed by atoms with van der Waals surface area (Å²) >= 11 is 0. The highest BCUT2D eigenvalue weighted by atomic mass is 16.6. The Labute approximate surface area is 124 Å². The molecule has 21 heavy (non-hydrogen) atoms. The zero-order chi connectivity index (χ0) is 15.2. The molecule has 2 rings (SSSR count). The largest absolute Gasteiger partial charge is 0.396 e. The van der Waals surface area contributed by atoms with Gasteiger partial charge in [-0.3, -0.25) is 10.1 Å². The highest BCUT2D eigenvalue weighted by Gasteiger charge is 2.27. The van der Waals surface area contributed by atoms with Crippen LogP contribution in [0.25, 0.3) is 0 Å². The number of piperidine rings is 1. The molecule has 2 N–H and O–H groups in total. The van der Waals surface area contributed by atoms with Crippen molar-refractivity contribution in [3.63, 3.8) is 0 Å². The lowest BCUT2D eigenvalue weighted by molar-refractivity contribution is -0.383. The minimum absolute atomic E-state index is 0.137. The van der Waals surface area contributed by atoms with Crippen LogP contribution in [0.4, 0.5) is 17.1 Å². The van der Waals surface area contributed by atoms with E-state index >= 15 is 0 Å². The number of benzene rings is 1. The Kier molecular flexibility index (Phi) is 5.38. The molecule has 0 saturated carbocycles. The molecule has 6 heteroatoms. The molecular weight excluding hydrogens is 270 g/mol. The van der Waals surface area contributed by atoms with E-state index in [9.17, 15) is 15.2 Å². The Morgan fingerprint density at radius 2 is 2.33 bits per heavy atom. The SMILES string of the molecule is CCCNc1cccc(N2CCCC(CO)C2)c1[N+](=O)[O-]. The average Bonchev–Trinajstić information content (AvgIpc) is 2.52. The van der Waals surface area contributed by atoms with Crippen LogP contribution in [0.1, 0.15) is 26.2 Å². The van der Waals surface area contributed by atoms with Crippen LogP contribution < -0.4 is 10.2 Å². The van der Waals surface area contributed by atoms with Gasteiger partial charge in [0.15, 0.2) is 0 Å². The number of aliphatic hydroxyl groups is 1. The third kappa shape index (κ3) is 3.64. The van der Waals surface area contributed by atoms with Crippen LogP contribution >= 0.6 is 0 Å². The number of nitro groups is 1. The van der Waals surface area contributed by atoms with Gasteiger partial charge in [0.25, 0.3) is 0 Å². The summed E-state index contributed by atoms with van der Waals surface area (Å²) in [4.78, 5) is 13.2. The van der Waals surface area contributed by atoms with Gasteiger partial charge in [0.1, 0.15) is 11.4 Å². The normalized spacial score (nSPS) is 18.6. The molecule has 0 aliphatic carbocycles. The number of nitrogens with zero attached hydrogens (tertiary/aromatic N) is 2. The molecule has 1 fully saturated rings. The fourth-order valence-electron chi connectivity index (χ4n) is 2.81. The van der Waals surface area contributed by atoms with E-state index in [-0.39, 0.29) is 23.1 Å². The Balaban J connectivity index is 2.31. The van der Waals surface area contributed by atoms with E-state index in [4.69, 9.17) is 0 Å². The van der Waals surface area contributed by atoms with Gasteiger partial charge in [-0.15, -0.1) is 0 Å². The van der Waals surface area contributed by atoms with E-state index in [1.54, 1.807) is 12.1 Å². The number of hydrogen-bond acceptors (Lipinski definition) is 5. The van der Waals surface area contributed by atoms with E-state index < -0.39 is 0 Å². The van der Waals surface area contributed by atoms with Crippen molar-refractivity contribution in [2.75, 3.05) is 36.5 Å². The summed E-state index contributed by atoms with van der Waals surface area (Å²) in [5, 5.41) is 24.0. The summed E-state index contributed by atoms with van der Waals surface area (Å²) in [6, 6.07) is 5.41. The van der Waals surface area contributed by atoms with Crippen LogP contribution in [0.15, 0.2) is 18.2 Å². The van der Waals surface area contributed by atoms with Gasteiger partial charge >= 0.3 is 5.69 Å². The van der Waals surface area contributed by atoms with Gasteiger partial charge in [-0.1, -0.05) is 13.0 Å². The number of nitro benzene ring substituents is 1. The maximum absolute atomic E-state index is 11.5. The molecule has 0 bridgehead atoms. The van der Waals surface area contributed by atoms with E-state index in [0.29, 0.717) is 24.5 Å². The quantitative estimate of drug-likeness (QED) is 0.622. The predicted octanol–water partition coefficient (Wildman–Crippen LogP) is 2.63. The monoisotopic (exact) mass is 293 g/mol. The molecule has 1 aliphatic rings. The van der Waals surface area contributed by atoms with Crippen LogP contribution in [-0.4, -0.2) is 36.3 Å². The van der Waals surface area contributed by atoms with E-state index in [2.05, 4.69) is 5.32 Å². The van der Waals surface area contributed by atoms with Crippen molar-refractivity contribution in [3.05, 3.63) is 28.3 Å². The first kappa shape index (κ1) is 15.6. The lowest BCUT2D eigenvalue weighted by Gasteiger charge is -2.33. The van der Waals surface area contributed by atoms with Crippen molar-refractivity contribution in [2.45, 2.75) is 26.2 Å². The topological polar surface area (TPSA) is 78.6 Å². The molecule has 0 aromatic heterocycles. The van der Waals surface area contributed by atoms with Gasteiger partial charge in [0.2, 0.25) is 0 Å². The third-order valence-electron chi connectivity index (χ3n) is 3.88. The molecule has 1 saturated heterocycles. The number of aliphatic hydroxyl groups excluding tert-OH is 1. The Morgan fingerprint density at radius 1 is 1.52 bits per heavy atom. The first-order valence-corrected chi connectivity index (χ1v) is 7.54. The average molecular weight is 293 g/mol. The molecule has 1 aromatic rings. The number of hydrogen-bond donors (Lipinski definition) is 2. The zero-order valence-electron chi connectivity index (χ0n) is 12.4. The molecule has 1 heterocycles. The third-order valence-corrected chi connectivity index (χ3v) is 3.88. The first-order chi connectivity index (χ1) is 10.2. The minimum Gasteiger partial charge on any atom is -0.396 e. The Morgan fingerprint density at radius 3 is 3.00 bits per heavy atom. The van der Waals surface area contributed by atoms with Crippen LogP contribution in [-0.2, 0) is 0 Å². The van der Waals surface area contributed by atoms with Crippen molar-refractivity contribution in [2.24, 2.45) is 5.92 Å². The highest BCUT2D eigenvalue weighted by Crippen LogP contribution is 2.37. The smallest absolute Gasteiger partial charge is 0.315 e. The van der Waals surface area contributed by atoms with Crippen molar-refractivity contribution in [1.82, 2.24) is 0 Å². The molecule has 1 atom stereocenters. The Bertz CT molecular complexity index is 493. The van der Waals surface area contributed by atoms with E-state index in [1.165, 1.54) is 0 Å². The fraction of sp³-hybridized carbons (Fsp3) is 0.600. The van der Waals surface area contributed by atoms with E-state index in [1.807, 2.05) is 17.9 Å². The Hall–Kier alpha value is -1.82. The number of para-hydroxylation sites is 1. The maximum Gasteiger partial charge on any atom is 0.315 e. The lowest BCUT2D eigenvalue weighted by atomic mass is 9.98. The number of nitrogens with one attached hydrogen (secondary N) is 1.